The summed E-state index contributed by atoms with van der Waals surface area (Å²) >= 11 is 0. The lowest BCUT2D eigenvalue weighted by Crippen LogP contribution is -2.59. The van der Waals surface area contributed by atoms with E-state index in [1.165, 1.54) is 0 Å². The molecule has 9 heteroatoms. The Kier molecular flexibility index (Phi) is 8.11. The highest BCUT2D eigenvalue weighted by molar-refractivity contribution is 5.77. The maximum atomic E-state index is 12.7. The predicted octanol–water partition coefficient (Wildman–Crippen LogP) is -0.121. The van der Waals surface area contributed by atoms with E-state index in [2.05, 4.69) is 17.3 Å². The van der Waals surface area contributed by atoms with Crippen LogP contribution in [0.4, 0.5) is 4.79 Å². The molecule has 2 N–H and O–H groups in total. The van der Waals surface area contributed by atoms with E-state index >= 15 is 0 Å². The van der Waals surface area contributed by atoms with Crippen molar-refractivity contribution >= 4 is 11.9 Å². The van der Waals surface area contributed by atoms with Gasteiger partial charge in [0.05, 0.1) is 44.4 Å². The van der Waals surface area contributed by atoms with Gasteiger partial charge in [0, 0.05) is 32.7 Å². The first-order valence-corrected chi connectivity index (χ1v) is 10.9. The van der Waals surface area contributed by atoms with Crippen LogP contribution in [0.1, 0.15) is 32.6 Å². The quantitative estimate of drug-likeness (QED) is 0.669. The van der Waals surface area contributed by atoms with Crippen molar-refractivity contribution < 1.29 is 24.2 Å². The Balaban J connectivity index is 1.58. The van der Waals surface area contributed by atoms with Gasteiger partial charge in [0.1, 0.15) is 6.10 Å². The van der Waals surface area contributed by atoms with Gasteiger partial charge in [-0.25, -0.2) is 4.79 Å². The molecule has 0 aromatic carbocycles. The van der Waals surface area contributed by atoms with Gasteiger partial charge in [-0.15, -0.1) is 0 Å². The lowest BCUT2D eigenvalue weighted by atomic mass is 9.94. The molecule has 0 aromatic rings. The first-order valence-electron chi connectivity index (χ1n) is 10.9. The van der Waals surface area contributed by atoms with Crippen LogP contribution < -0.4 is 5.32 Å². The number of rotatable bonds is 4. The van der Waals surface area contributed by atoms with Crippen LogP contribution in [-0.4, -0.2) is 116 Å². The number of urea groups is 1. The summed E-state index contributed by atoms with van der Waals surface area (Å²) in [5.41, 5.74) is 0. The van der Waals surface area contributed by atoms with Gasteiger partial charge in [0.2, 0.25) is 5.91 Å². The number of aliphatic hydroxyl groups is 1. The number of nitrogens with one attached hydrogen (secondary N) is 1. The molecule has 3 saturated heterocycles. The number of amides is 3. The summed E-state index contributed by atoms with van der Waals surface area (Å²) in [4.78, 5) is 31.2. The molecule has 0 spiro atoms. The highest BCUT2D eigenvalue weighted by Gasteiger charge is 2.40. The number of aliphatic hydroxyl groups excluding tert-OH is 1. The van der Waals surface area contributed by atoms with E-state index in [1.807, 2.05) is 11.8 Å². The summed E-state index contributed by atoms with van der Waals surface area (Å²) in [7, 11) is 2.07. The molecular formula is C20H36N4O5. The van der Waals surface area contributed by atoms with Crippen LogP contribution in [0.2, 0.25) is 0 Å². The molecule has 3 fully saturated rings. The summed E-state index contributed by atoms with van der Waals surface area (Å²) in [6.45, 7) is 6.66. The van der Waals surface area contributed by atoms with Crippen molar-refractivity contribution in [3.05, 3.63) is 0 Å². The van der Waals surface area contributed by atoms with Crippen LogP contribution in [0.3, 0.4) is 0 Å². The van der Waals surface area contributed by atoms with Crippen molar-refractivity contribution in [1.82, 2.24) is 20.0 Å². The SMILES string of the molecule is CCCNC(=O)N1C[C@@H](O)COC[C@@H]2O[C@@H](CC(=O)N3CCN(C)CC3)CC[C@H]21. The molecular weight excluding hydrogens is 376 g/mol. The third-order valence-electron chi connectivity index (χ3n) is 6.03. The van der Waals surface area contributed by atoms with Gasteiger partial charge in [-0.3, -0.25) is 4.79 Å². The van der Waals surface area contributed by atoms with E-state index in [1.54, 1.807) is 4.90 Å². The zero-order valence-corrected chi connectivity index (χ0v) is 17.7. The fraction of sp³-hybridized carbons (Fsp3) is 0.900. The largest absolute Gasteiger partial charge is 0.389 e. The molecule has 3 aliphatic heterocycles. The first kappa shape index (κ1) is 22.3. The zero-order valence-electron chi connectivity index (χ0n) is 17.7. The fourth-order valence-electron chi connectivity index (χ4n) is 4.29. The second-order valence-electron chi connectivity index (χ2n) is 8.40. The molecule has 3 rings (SSSR count). The van der Waals surface area contributed by atoms with E-state index in [4.69, 9.17) is 9.47 Å². The Labute approximate surface area is 173 Å². The van der Waals surface area contributed by atoms with Gasteiger partial charge in [-0.05, 0) is 26.3 Å². The predicted molar refractivity (Wildman–Crippen MR) is 108 cm³/mol. The minimum Gasteiger partial charge on any atom is -0.389 e. The number of ether oxygens (including phenoxy) is 2. The molecule has 9 nitrogen and oxygen atoms in total. The monoisotopic (exact) mass is 412 g/mol. The third-order valence-corrected chi connectivity index (χ3v) is 6.03. The Bertz CT molecular complexity index is 555. The molecule has 3 heterocycles. The van der Waals surface area contributed by atoms with Crippen molar-refractivity contribution in [2.24, 2.45) is 0 Å². The van der Waals surface area contributed by atoms with E-state index in [0.29, 0.717) is 26.0 Å². The van der Waals surface area contributed by atoms with Crippen LogP contribution in [-0.2, 0) is 14.3 Å². The molecule has 3 amide bonds. The van der Waals surface area contributed by atoms with E-state index in [0.717, 1.165) is 39.0 Å². The van der Waals surface area contributed by atoms with Gasteiger partial charge in [-0.2, -0.15) is 0 Å². The standard InChI is InChI=1S/C20H36N4O5/c1-3-6-21-20(27)24-12-15(25)13-28-14-18-17(24)5-4-16(29-18)11-19(26)23-9-7-22(2)8-10-23/h15-18,25H,3-14H2,1-2H3,(H,21,27)/t15-,16-,17-,18+/m1/s1. The third kappa shape index (κ3) is 6.04. The molecule has 166 valence electrons. The average Bonchev–Trinajstić information content (AvgIpc) is 2.70. The van der Waals surface area contributed by atoms with Gasteiger partial charge in [-0.1, -0.05) is 6.92 Å². The van der Waals surface area contributed by atoms with Crippen molar-refractivity contribution in [2.75, 3.05) is 59.5 Å². The lowest BCUT2D eigenvalue weighted by Gasteiger charge is -2.44. The highest BCUT2D eigenvalue weighted by Crippen LogP contribution is 2.28. The number of β-amino-alcohol motifs (C(OH)–C–C–N with tert-alkyl or cyclic N) is 1. The maximum Gasteiger partial charge on any atom is 0.317 e. The second-order valence-corrected chi connectivity index (χ2v) is 8.40. The molecule has 0 unspecified atom stereocenters. The molecule has 0 saturated carbocycles. The number of carbonyl (C=O) groups is 2. The molecule has 0 radical (unpaired) electrons. The molecule has 4 atom stereocenters. The first-order chi connectivity index (χ1) is 14.0. The summed E-state index contributed by atoms with van der Waals surface area (Å²) in [5.74, 6) is 0.140. The number of piperazine rings is 1. The van der Waals surface area contributed by atoms with Gasteiger partial charge < -0.3 is 34.6 Å². The number of fused-ring (bicyclic) bond motifs is 1. The minimum absolute atomic E-state index is 0.140. The van der Waals surface area contributed by atoms with Gasteiger partial charge >= 0.3 is 6.03 Å². The van der Waals surface area contributed by atoms with Crippen LogP contribution in [0.5, 0.6) is 0 Å². The molecule has 0 aromatic heterocycles. The topological polar surface area (TPSA) is 94.6 Å². The van der Waals surface area contributed by atoms with Gasteiger partial charge in [0.25, 0.3) is 0 Å². The van der Waals surface area contributed by atoms with E-state index < -0.39 is 6.10 Å². The highest BCUT2D eigenvalue weighted by atomic mass is 16.5. The molecule has 0 aliphatic carbocycles. The van der Waals surface area contributed by atoms with E-state index in [-0.39, 0.29) is 43.3 Å². The molecule has 3 aliphatic rings. The fourth-order valence-corrected chi connectivity index (χ4v) is 4.29. The average molecular weight is 413 g/mol. The maximum absolute atomic E-state index is 12.7. The number of hydrogen-bond acceptors (Lipinski definition) is 6. The number of nitrogens with zero attached hydrogens (tertiary/aromatic N) is 3. The Morgan fingerprint density at radius 1 is 1.14 bits per heavy atom. The lowest BCUT2D eigenvalue weighted by molar-refractivity contribution is -0.155. The second kappa shape index (κ2) is 10.6. The normalized spacial score (nSPS) is 31.6. The molecule has 29 heavy (non-hydrogen) atoms. The van der Waals surface area contributed by atoms with Crippen molar-refractivity contribution in [3.8, 4) is 0 Å². The smallest absolute Gasteiger partial charge is 0.317 e. The van der Waals surface area contributed by atoms with Crippen molar-refractivity contribution in [1.29, 1.82) is 0 Å². The summed E-state index contributed by atoms with van der Waals surface area (Å²) < 4.78 is 11.9. The number of likely N-dealkylation sites (N-methyl/N-ethyl adjacent to an activating group) is 1. The minimum atomic E-state index is -0.708. The van der Waals surface area contributed by atoms with E-state index in [9.17, 15) is 14.7 Å². The summed E-state index contributed by atoms with van der Waals surface area (Å²) in [5, 5.41) is 13.1. The zero-order chi connectivity index (χ0) is 20.8. The van der Waals surface area contributed by atoms with Crippen LogP contribution in [0.25, 0.3) is 0 Å². The Morgan fingerprint density at radius 3 is 2.62 bits per heavy atom. The Hall–Kier alpha value is -1.42. The van der Waals surface area contributed by atoms with Gasteiger partial charge in [0.15, 0.2) is 0 Å². The van der Waals surface area contributed by atoms with Crippen LogP contribution in [0.15, 0.2) is 0 Å². The number of carbonyl (C=O) groups excluding carboxylic acids is 2. The summed E-state index contributed by atoms with van der Waals surface area (Å²) in [6.07, 6.45) is 1.53. The number of hydrogen-bond donors (Lipinski definition) is 2. The van der Waals surface area contributed by atoms with Crippen LogP contribution in [0, 0.1) is 0 Å². The van der Waals surface area contributed by atoms with Crippen molar-refractivity contribution in [3.63, 3.8) is 0 Å². The Morgan fingerprint density at radius 2 is 1.90 bits per heavy atom. The summed E-state index contributed by atoms with van der Waals surface area (Å²) in [6, 6.07) is -0.324. The van der Waals surface area contributed by atoms with Crippen LogP contribution >= 0.6 is 0 Å². The van der Waals surface area contributed by atoms with Crippen molar-refractivity contribution in [2.45, 2.75) is 57.0 Å². The molecule has 0 bridgehead atoms.